The molecule has 0 spiro atoms. The Kier molecular flexibility index (Phi) is 5.33. The summed E-state index contributed by atoms with van der Waals surface area (Å²) in [5.41, 5.74) is 4.86. The highest BCUT2D eigenvalue weighted by Crippen LogP contribution is 2.45. The fourth-order valence-electron chi connectivity index (χ4n) is 2.42. The molecule has 1 fully saturated rings. The van der Waals surface area contributed by atoms with Gasteiger partial charge in [-0.3, -0.25) is 9.09 Å². The van der Waals surface area contributed by atoms with Gasteiger partial charge in [0, 0.05) is 13.3 Å². The van der Waals surface area contributed by atoms with Gasteiger partial charge in [0.2, 0.25) is 0 Å². The van der Waals surface area contributed by atoms with Gasteiger partial charge in [-0.25, -0.2) is 4.79 Å². The highest BCUT2D eigenvalue weighted by Gasteiger charge is 2.48. The maximum atomic E-state index is 12.0. The average Bonchev–Trinajstić information content (AvgIpc) is 2.74. The van der Waals surface area contributed by atoms with Crippen molar-refractivity contribution in [3.05, 3.63) is 22.7 Å². The molecule has 1 aliphatic heterocycles. The number of hydrogen-bond acceptors (Lipinski definition) is 7. The van der Waals surface area contributed by atoms with E-state index >= 15 is 0 Å². The van der Waals surface area contributed by atoms with Gasteiger partial charge < -0.3 is 25.0 Å². The summed E-state index contributed by atoms with van der Waals surface area (Å²) in [4.78, 5) is 34.4. The van der Waals surface area contributed by atoms with E-state index < -0.39 is 36.9 Å². The van der Waals surface area contributed by atoms with Crippen molar-refractivity contribution in [2.24, 2.45) is 0 Å². The fourth-order valence-corrected chi connectivity index (χ4v) is 3.29. The molecule has 11 heteroatoms. The van der Waals surface area contributed by atoms with Crippen molar-refractivity contribution in [3.63, 3.8) is 0 Å². The van der Waals surface area contributed by atoms with Crippen molar-refractivity contribution in [3.8, 4) is 0 Å². The van der Waals surface area contributed by atoms with Gasteiger partial charge in [-0.2, -0.15) is 4.98 Å². The van der Waals surface area contributed by atoms with Crippen LogP contribution in [0.2, 0.25) is 0 Å². The Morgan fingerprint density at radius 3 is 2.73 bits per heavy atom. The van der Waals surface area contributed by atoms with Crippen LogP contribution in [0.25, 0.3) is 0 Å². The van der Waals surface area contributed by atoms with Crippen molar-refractivity contribution >= 4 is 24.3 Å². The smallest absolute Gasteiger partial charge is 0.351 e. The molecule has 2 unspecified atom stereocenters. The van der Waals surface area contributed by atoms with Gasteiger partial charge in [0.1, 0.15) is 18.0 Å². The third kappa shape index (κ3) is 3.72. The second-order valence-corrected chi connectivity index (χ2v) is 7.40. The molecule has 2 heterocycles. The SMILES string of the molecule is CC[C@H]1O[C@@H](n2ccc(N)nc2=O)C(OC)C1OP(O)(O)=S. The van der Waals surface area contributed by atoms with E-state index in [1.54, 1.807) is 0 Å². The van der Waals surface area contributed by atoms with Gasteiger partial charge >= 0.3 is 12.4 Å². The number of anilines is 1. The summed E-state index contributed by atoms with van der Waals surface area (Å²) in [6.45, 7) is -2.07. The van der Waals surface area contributed by atoms with Crippen LogP contribution < -0.4 is 11.4 Å². The Bertz CT molecular complexity index is 634. The molecule has 0 aliphatic carbocycles. The first kappa shape index (κ1) is 17.5. The number of aromatic nitrogens is 2. The summed E-state index contributed by atoms with van der Waals surface area (Å²) in [5.74, 6) is 0.0919. The molecule has 22 heavy (non-hydrogen) atoms. The molecule has 1 aromatic rings. The molecule has 0 saturated carbocycles. The lowest BCUT2D eigenvalue weighted by atomic mass is 10.1. The van der Waals surface area contributed by atoms with Crippen molar-refractivity contribution in [1.29, 1.82) is 0 Å². The first-order valence-electron chi connectivity index (χ1n) is 6.53. The number of nitrogens with two attached hydrogens (primary N) is 1. The second-order valence-electron chi connectivity index (χ2n) is 4.78. The van der Waals surface area contributed by atoms with Crippen molar-refractivity contribution in [1.82, 2.24) is 9.55 Å². The van der Waals surface area contributed by atoms with Crippen LogP contribution in [-0.4, -0.2) is 44.8 Å². The summed E-state index contributed by atoms with van der Waals surface area (Å²) in [7, 11) is 1.41. The number of hydrogen-bond donors (Lipinski definition) is 3. The van der Waals surface area contributed by atoms with E-state index in [9.17, 15) is 14.6 Å². The minimum atomic E-state index is -3.90. The molecule has 9 nitrogen and oxygen atoms in total. The van der Waals surface area contributed by atoms with E-state index in [0.29, 0.717) is 6.42 Å². The summed E-state index contributed by atoms with van der Waals surface area (Å²) >= 11 is 4.51. The highest BCUT2D eigenvalue weighted by atomic mass is 32.5. The van der Waals surface area contributed by atoms with Crippen LogP contribution in [0.1, 0.15) is 19.6 Å². The molecular weight excluding hydrogens is 333 g/mol. The number of methoxy groups -OCH3 is 1. The molecule has 0 bridgehead atoms. The largest absolute Gasteiger partial charge is 0.383 e. The minimum absolute atomic E-state index is 0.0919. The molecule has 4 atom stereocenters. The van der Waals surface area contributed by atoms with Gasteiger partial charge in [-0.1, -0.05) is 6.92 Å². The van der Waals surface area contributed by atoms with Crippen LogP contribution in [0.4, 0.5) is 5.82 Å². The first-order chi connectivity index (χ1) is 10.3. The molecule has 1 aromatic heterocycles. The van der Waals surface area contributed by atoms with Crippen LogP contribution >= 0.6 is 6.72 Å². The zero-order chi connectivity index (χ0) is 16.5. The third-order valence-electron chi connectivity index (χ3n) is 3.34. The minimum Gasteiger partial charge on any atom is -0.383 e. The Morgan fingerprint density at radius 1 is 1.55 bits per heavy atom. The molecule has 0 aromatic carbocycles. The zero-order valence-corrected chi connectivity index (χ0v) is 13.7. The summed E-state index contributed by atoms with van der Waals surface area (Å²) < 4.78 is 17.5. The van der Waals surface area contributed by atoms with Gasteiger partial charge in [0.15, 0.2) is 6.23 Å². The normalized spacial score (nSPS) is 28.9. The van der Waals surface area contributed by atoms with Gasteiger partial charge in [-0.15, -0.1) is 0 Å². The quantitative estimate of drug-likeness (QED) is 0.614. The third-order valence-corrected chi connectivity index (χ3v) is 4.12. The molecule has 0 radical (unpaired) electrons. The highest BCUT2D eigenvalue weighted by molar-refractivity contribution is 8.06. The summed E-state index contributed by atoms with van der Waals surface area (Å²) in [6, 6.07) is 1.45. The Balaban J connectivity index is 2.36. The monoisotopic (exact) mass is 351 g/mol. The van der Waals surface area contributed by atoms with E-state index in [1.807, 2.05) is 6.92 Å². The van der Waals surface area contributed by atoms with E-state index in [4.69, 9.17) is 19.7 Å². The van der Waals surface area contributed by atoms with Crippen LogP contribution in [-0.2, 0) is 25.8 Å². The molecule has 0 amide bonds. The topological polar surface area (TPSA) is 129 Å². The zero-order valence-electron chi connectivity index (χ0n) is 12.0. The van der Waals surface area contributed by atoms with Gasteiger partial charge in [0.25, 0.3) is 0 Å². The van der Waals surface area contributed by atoms with E-state index in [0.717, 1.165) is 0 Å². The number of rotatable bonds is 5. The fraction of sp³-hybridized carbons (Fsp3) is 0.636. The maximum Gasteiger partial charge on any atom is 0.351 e. The maximum absolute atomic E-state index is 12.0. The molecule has 2 rings (SSSR count). The lowest BCUT2D eigenvalue weighted by Gasteiger charge is -2.24. The molecular formula is C11H18N3O6PS. The summed E-state index contributed by atoms with van der Waals surface area (Å²) in [6.07, 6.45) is -0.971. The number of nitrogens with zero attached hydrogens (tertiary/aromatic N) is 2. The van der Waals surface area contributed by atoms with E-state index in [-0.39, 0.29) is 5.82 Å². The Hall–Kier alpha value is -0.870. The molecule has 1 saturated heterocycles. The number of ether oxygens (including phenoxy) is 2. The first-order valence-corrected chi connectivity index (χ1v) is 9.16. The van der Waals surface area contributed by atoms with Crippen molar-refractivity contribution in [2.45, 2.75) is 37.9 Å². The van der Waals surface area contributed by atoms with Gasteiger partial charge in [-0.05, 0) is 24.3 Å². The van der Waals surface area contributed by atoms with Crippen molar-refractivity contribution in [2.75, 3.05) is 12.8 Å². The van der Waals surface area contributed by atoms with E-state index in [2.05, 4.69) is 16.8 Å². The molecule has 4 N–H and O–H groups in total. The van der Waals surface area contributed by atoms with Crippen LogP contribution in [0, 0.1) is 0 Å². The average molecular weight is 351 g/mol. The number of nitrogen functional groups attached to an aromatic ring is 1. The van der Waals surface area contributed by atoms with E-state index in [1.165, 1.54) is 23.9 Å². The Labute approximate surface area is 131 Å². The van der Waals surface area contributed by atoms with Crippen molar-refractivity contribution < 1.29 is 23.8 Å². The van der Waals surface area contributed by atoms with Crippen LogP contribution in [0.3, 0.4) is 0 Å². The van der Waals surface area contributed by atoms with Crippen LogP contribution in [0.15, 0.2) is 17.1 Å². The molecule has 124 valence electrons. The lowest BCUT2D eigenvalue weighted by molar-refractivity contribution is -0.0538. The predicted octanol–water partition coefficient (Wildman–Crippen LogP) is -0.258. The van der Waals surface area contributed by atoms with Gasteiger partial charge in [0.05, 0.1) is 6.10 Å². The Morgan fingerprint density at radius 2 is 2.23 bits per heavy atom. The lowest BCUT2D eigenvalue weighted by Crippen LogP contribution is -2.38. The van der Waals surface area contributed by atoms with Crippen LogP contribution in [0.5, 0.6) is 0 Å². The second kappa shape index (κ2) is 6.71. The summed E-state index contributed by atoms with van der Waals surface area (Å²) in [5, 5.41) is 0. The molecule has 1 aliphatic rings. The standard InChI is InChI=1S/C11H18N3O6PS/c1-3-6-8(20-21(16,17)22)9(18-2)10(19-6)14-5-4-7(12)13-11(14)15/h4-6,8-10H,3H2,1-2H3,(H2,12,13,15)(H2,16,17,22)/t6-,8?,9?,10-/m1/s1. The predicted molar refractivity (Wildman–Crippen MR) is 81.5 cm³/mol.